The van der Waals surface area contributed by atoms with Crippen molar-refractivity contribution >= 4 is 11.8 Å². The number of carbonyl (C=O) groups excluding carboxylic acids is 1. The lowest BCUT2D eigenvalue weighted by atomic mass is 10.2. The third-order valence-electron chi connectivity index (χ3n) is 1.51. The molecule has 0 bridgehead atoms. The first-order valence-electron chi connectivity index (χ1n) is 4.24. The number of anilines is 1. The van der Waals surface area contributed by atoms with Crippen LogP contribution in [0.2, 0.25) is 0 Å². The van der Waals surface area contributed by atoms with Crippen LogP contribution in [0.1, 0.15) is 20.8 Å². The second kappa shape index (κ2) is 3.38. The highest BCUT2D eigenvalue weighted by Gasteiger charge is 2.24. The predicted octanol–water partition coefficient (Wildman–Crippen LogP) is 0.335. The quantitative estimate of drug-likeness (QED) is 0.656. The standard InChI is InChI=1S/C9H11NO5/c1-9(2,3)15-8(14)10-4-5(11)7(13)6(4)12/h11H,1-3H3,(H,10,14). The van der Waals surface area contributed by atoms with Crippen LogP contribution >= 0.6 is 0 Å². The maximum atomic E-state index is 11.1. The number of hydrogen-bond donors (Lipinski definition) is 2. The SMILES string of the molecule is CC(C)(C)OC(=O)Nc1c(O)c(=O)c1=O. The summed E-state index contributed by atoms with van der Waals surface area (Å²) in [6, 6.07) is 0. The Morgan fingerprint density at radius 3 is 2.20 bits per heavy atom. The Bertz CT molecular complexity index is 461. The van der Waals surface area contributed by atoms with Crippen molar-refractivity contribution in [3.05, 3.63) is 20.4 Å². The van der Waals surface area contributed by atoms with Gasteiger partial charge in [0.05, 0.1) is 0 Å². The molecular weight excluding hydrogens is 202 g/mol. The molecule has 1 aromatic carbocycles. The van der Waals surface area contributed by atoms with Gasteiger partial charge in [-0.1, -0.05) is 0 Å². The van der Waals surface area contributed by atoms with Gasteiger partial charge in [-0.15, -0.1) is 0 Å². The van der Waals surface area contributed by atoms with E-state index in [4.69, 9.17) is 9.84 Å². The molecule has 15 heavy (non-hydrogen) atoms. The van der Waals surface area contributed by atoms with Crippen molar-refractivity contribution < 1.29 is 14.6 Å². The van der Waals surface area contributed by atoms with E-state index < -0.39 is 34.0 Å². The van der Waals surface area contributed by atoms with Gasteiger partial charge in [0.2, 0.25) is 0 Å². The summed E-state index contributed by atoms with van der Waals surface area (Å²) < 4.78 is 4.82. The molecule has 0 radical (unpaired) electrons. The molecule has 6 nitrogen and oxygen atoms in total. The van der Waals surface area contributed by atoms with Crippen LogP contribution in [0.5, 0.6) is 5.75 Å². The Kier molecular flexibility index (Phi) is 2.53. The highest BCUT2D eigenvalue weighted by Crippen LogP contribution is 2.16. The third kappa shape index (κ3) is 2.34. The van der Waals surface area contributed by atoms with E-state index in [1.165, 1.54) is 0 Å². The molecule has 0 aliphatic heterocycles. The van der Waals surface area contributed by atoms with Gasteiger partial charge in [-0.3, -0.25) is 14.9 Å². The van der Waals surface area contributed by atoms with Crippen molar-refractivity contribution in [3.8, 4) is 5.75 Å². The molecule has 0 fully saturated rings. The molecule has 0 spiro atoms. The Balaban J connectivity index is 2.70. The van der Waals surface area contributed by atoms with Gasteiger partial charge in [-0.05, 0) is 20.8 Å². The topological polar surface area (TPSA) is 92.7 Å². The number of carbonyl (C=O) groups is 1. The van der Waals surface area contributed by atoms with Gasteiger partial charge >= 0.3 is 6.09 Å². The van der Waals surface area contributed by atoms with E-state index in [2.05, 4.69) is 0 Å². The zero-order chi connectivity index (χ0) is 11.8. The molecule has 82 valence electrons. The number of nitrogens with one attached hydrogen (secondary N) is 1. The summed E-state index contributed by atoms with van der Waals surface area (Å²) in [5, 5.41) is 10.9. The van der Waals surface area contributed by atoms with E-state index in [9.17, 15) is 14.4 Å². The summed E-state index contributed by atoms with van der Waals surface area (Å²) in [6.45, 7) is 4.94. The molecule has 0 aliphatic carbocycles. The van der Waals surface area contributed by atoms with Crippen molar-refractivity contribution in [2.45, 2.75) is 26.4 Å². The van der Waals surface area contributed by atoms with Crippen LogP contribution in [0.4, 0.5) is 10.5 Å². The Hall–Kier alpha value is -1.85. The molecule has 2 N–H and O–H groups in total. The van der Waals surface area contributed by atoms with Gasteiger partial charge < -0.3 is 9.84 Å². The fraction of sp³-hybridized carbons (Fsp3) is 0.444. The van der Waals surface area contributed by atoms with E-state index in [0.717, 1.165) is 0 Å². The van der Waals surface area contributed by atoms with Crippen LogP contribution in [0.25, 0.3) is 0 Å². The van der Waals surface area contributed by atoms with E-state index in [0.29, 0.717) is 0 Å². The van der Waals surface area contributed by atoms with Gasteiger partial charge in [0, 0.05) is 0 Å². The van der Waals surface area contributed by atoms with Crippen LogP contribution in [0.3, 0.4) is 0 Å². The van der Waals surface area contributed by atoms with E-state index in [-0.39, 0.29) is 0 Å². The van der Waals surface area contributed by atoms with Crippen LogP contribution in [-0.2, 0) is 4.74 Å². The fourth-order valence-corrected chi connectivity index (χ4v) is 0.901. The largest absolute Gasteiger partial charge is 0.502 e. The molecular formula is C9H11NO5. The number of amides is 1. The highest BCUT2D eigenvalue weighted by atomic mass is 16.6. The van der Waals surface area contributed by atoms with Crippen LogP contribution < -0.4 is 16.2 Å². The molecule has 0 atom stereocenters. The second-order valence-corrected chi connectivity index (χ2v) is 4.01. The summed E-state index contributed by atoms with van der Waals surface area (Å²) in [4.78, 5) is 32.5. The number of aromatic hydroxyl groups is 1. The molecule has 0 saturated heterocycles. The minimum Gasteiger partial charge on any atom is -0.502 e. The number of ether oxygens (including phenoxy) is 1. The normalized spacial score (nSPS) is 11.4. The van der Waals surface area contributed by atoms with Gasteiger partial charge in [-0.25, -0.2) is 4.79 Å². The lowest BCUT2D eigenvalue weighted by molar-refractivity contribution is 0.0635. The van der Waals surface area contributed by atoms with Crippen molar-refractivity contribution in [2.24, 2.45) is 0 Å². The van der Waals surface area contributed by atoms with Gasteiger partial charge in [0.25, 0.3) is 10.9 Å². The molecule has 0 aliphatic rings. The molecule has 0 aromatic heterocycles. The van der Waals surface area contributed by atoms with Crippen molar-refractivity contribution in [1.82, 2.24) is 0 Å². The molecule has 6 heteroatoms. The van der Waals surface area contributed by atoms with Gasteiger partial charge in [-0.2, -0.15) is 0 Å². The van der Waals surface area contributed by atoms with Crippen LogP contribution in [-0.4, -0.2) is 16.8 Å². The first-order valence-corrected chi connectivity index (χ1v) is 4.24. The predicted molar refractivity (Wildman–Crippen MR) is 52.9 cm³/mol. The smallest absolute Gasteiger partial charge is 0.412 e. The summed E-state index contributed by atoms with van der Waals surface area (Å²) in [7, 11) is 0. The molecule has 0 saturated carbocycles. The lowest BCUT2D eigenvalue weighted by Crippen LogP contribution is -2.36. The Morgan fingerprint density at radius 2 is 1.80 bits per heavy atom. The van der Waals surface area contributed by atoms with E-state index >= 15 is 0 Å². The zero-order valence-electron chi connectivity index (χ0n) is 8.58. The number of hydrogen-bond acceptors (Lipinski definition) is 5. The average molecular weight is 213 g/mol. The molecule has 0 unspecified atom stereocenters. The lowest BCUT2D eigenvalue weighted by Gasteiger charge is -2.19. The maximum absolute atomic E-state index is 11.1. The third-order valence-corrected chi connectivity index (χ3v) is 1.51. The Morgan fingerprint density at radius 1 is 1.27 bits per heavy atom. The highest BCUT2D eigenvalue weighted by molar-refractivity contribution is 5.88. The van der Waals surface area contributed by atoms with Crippen molar-refractivity contribution in [3.63, 3.8) is 0 Å². The minimum absolute atomic E-state index is 0.408. The average Bonchev–Trinajstić information content (AvgIpc) is 2.09. The van der Waals surface area contributed by atoms with Crippen LogP contribution in [0, 0.1) is 0 Å². The van der Waals surface area contributed by atoms with Crippen molar-refractivity contribution in [2.75, 3.05) is 5.32 Å². The Labute approximate surface area is 85.2 Å². The number of rotatable bonds is 1. The fourth-order valence-electron chi connectivity index (χ4n) is 0.901. The zero-order valence-corrected chi connectivity index (χ0v) is 8.58. The van der Waals surface area contributed by atoms with Gasteiger partial charge in [0.15, 0.2) is 5.75 Å². The van der Waals surface area contributed by atoms with E-state index in [1.807, 2.05) is 5.32 Å². The summed E-state index contributed by atoms with van der Waals surface area (Å²) in [6.07, 6.45) is -0.884. The monoisotopic (exact) mass is 213 g/mol. The summed E-state index contributed by atoms with van der Waals surface area (Å²) in [5.74, 6) is -0.731. The van der Waals surface area contributed by atoms with Crippen molar-refractivity contribution in [1.29, 1.82) is 0 Å². The first-order chi connectivity index (χ1) is 6.72. The molecule has 0 heterocycles. The maximum Gasteiger partial charge on any atom is 0.412 e. The molecule has 1 amide bonds. The van der Waals surface area contributed by atoms with Gasteiger partial charge in [0.1, 0.15) is 11.3 Å². The van der Waals surface area contributed by atoms with E-state index in [1.54, 1.807) is 20.8 Å². The second-order valence-electron chi connectivity index (χ2n) is 4.01. The minimum atomic E-state index is -0.999. The molecule has 1 rings (SSSR count). The summed E-state index contributed by atoms with van der Waals surface area (Å²) >= 11 is 0. The molecule has 1 aromatic rings. The first kappa shape index (κ1) is 11.2. The van der Waals surface area contributed by atoms with Crippen LogP contribution in [0.15, 0.2) is 9.59 Å². The summed E-state index contributed by atoms with van der Waals surface area (Å²) in [5.41, 5.74) is -3.04.